The SMILES string of the molecule is CCCCCCCCCCCCCCC(O)CN(OCCCCO)OCCCCO. The lowest BCUT2D eigenvalue weighted by Crippen LogP contribution is -2.33. The van der Waals surface area contributed by atoms with Crippen LogP contribution in [0.25, 0.3) is 0 Å². The molecule has 0 saturated heterocycles. The second kappa shape index (κ2) is 25.0. The lowest BCUT2D eigenvalue weighted by Gasteiger charge is -2.23. The third kappa shape index (κ3) is 22.4. The Kier molecular flexibility index (Phi) is 24.8. The van der Waals surface area contributed by atoms with E-state index in [9.17, 15) is 5.11 Å². The monoisotopic (exact) mass is 433 g/mol. The molecule has 30 heavy (non-hydrogen) atoms. The molecule has 0 heterocycles. The summed E-state index contributed by atoms with van der Waals surface area (Å²) in [6.07, 6.45) is 18.9. The molecule has 0 aromatic heterocycles. The minimum Gasteiger partial charge on any atom is -0.396 e. The summed E-state index contributed by atoms with van der Waals surface area (Å²) in [7, 11) is 0. The first-order chi connectivity index (χ1) is 14.7. The van der Waals surface area contributed by atoms with E-state index in [4.69, 9.17) is 19.9 Å². The van der Waals surface area contributed by atoms with Crippen LogP contribution in [0.4, 0.5) is 0 Å². The van der Waals surface area contributed by atoms with Gasteiger partial charge >= 0.3 is 0 Å². The Labute approximate surface area is 185 Å². The Morgan fingerprint density at radius 1 is 0.600 bits per heavy atom. The number of unbranched alkanes of at least 4 members (excludes halogenated alkanes) is 13. The molecule has 6 nitrogen and oxygen atoms in total. The summed E-state index contributed by atoms with van der Waals surface area (Å²) in [5.74, 6) is 0. The predicted molar refractivity (Wildman–Crippen MR) is 123 cm³/mol. The highest BCUT2D eigenvalue weighted by atomic mass is 16.9. The molecule has 0 aliphatic carbocycles. The second-order valence-corrected chi connectivity index (χ2v) is 8.37. The second-order valence-electron chi connectivity index (χ2n) is 8.37. The van der Waals surface area contributed by atoms with Crippen LogP contribution in [0, 0.1) is 0 Å². The van der Waals surface area contributed by atoms with Crippen LogP contribution in [0.15, 0.2) is 0 Å². The molecule has 0 saturated carbocycles. The van der Waals surface area contributed by atoms with Crippen molar-refractivity contribution in [2.45, 2.75) is 122 Å². The molecule has 1 atom stereocenters. The van der Waals surface area contributed by atoms with Crippen LogP contribution in [-0.4, -0.2) is 59.6 Å². The van der Waals surface area contributed by atoms with Gasteiger partial charge in [-0.2, -0.15) is 0 Å². The summed E-state index contributed by atoms with van der Waals surface area (Å²) < 4.78 is 0. The molecule has 0 aromatic rings. The minimum atomic E-state index is -0.469. The van der Waals surface area contributed by atoms with Crippen LogP contribution in [0.3, 0.4) is 0 Å². The van der Waals surface area contributed by atoms with Gasteiger partial charge in [0, 0.05) is 13.2 Å². The number of hydrogen-bond donors (Lipinski definition) is 3. The number of rotatable bonds is 25. The number of aliphatic hydroxyl groups is 3. The van der Waals surface area contributed by atoms with Gasteiger partial charge < -0.3 is 15.3 Å². The molecule has 0 spiro atoms. The first-order valence-electron chi connectivity index (χ1n) is 12.7. The number of hydrogen-bond acceptors (Lipinski definition) is 6. The van der Waals surface area contributed by atoms with Gasteiger partial charge in [-0.05, 0) is 32.1 Å². The normalized spacial score (nSPS) is 12.7. The van der Waals surface area contributed by atoms with Crippen molar-refractivity contribution in [1.82, 2.24) is 5.23 Å². The zero-order chi connectivity index (χ0) is 22.1. The maximum absolute atomic E-state index is 10.3. The molecule has 182 valence electrons. The lowest BCUT2D eigenvalue weighted by molar-refractivity contribution is -0.375. The average molecular weight is 434 g/mol. The van der Waals surface area contributed by atoms with E-state index >= 15 is 0 Å². The highest BCUT2D eigenvalue weighted by Crippen LogP contribution is 2.13. The fourth-order valence-corrected chi connectivity index (χ4v) is 3.39. The van der Waals surface area contributed by atoms with Crippen molar-refractivity contribution in [3.63, 3.8) is 0 Å². The standard InChI is InChI=1S/C24H51NO5/c1-2-3-4-5-6-7-8-9-10-11-12-13-18-24(28)23-25(29-21-16-14-19-26)30-22-17-15-20-27/h24,26-28H,2-23H2,1H3. The molecular formula is C24H51NO5. The van der Waals surface area contributed by atoms with Gasteiger partial charge in [0.1, 0.15) is 0 Å². The van der Waals surface area contributed by atoms with Crippen molar-refractivity contribution in [2.24, 2.45) is 0 Å². The van der Waals surface area contributed by atoms with E-state index in [-0.39, 0.29) is 13.2 Å². The third-order valence-electron chi connectivity index (χ3n) is 5.33. The van der Waals surface area contributed by atoms with E-state index in [0.29, 0.717) is 32.6 Å². The van der Waals surface area contributed by atoms with Crippen molar-refractivity contribution in [3.05, 3.63) is 0 Å². The zero-order valence-electron chi connectivity index (χ0n) is 19.7. The summed E-state index contributed by atoms with van der Waals surface area (Å²) >= 11 is 0. The van der Waals surface area contributed by atoms with Gasteiger partial charge in [0.15, 0.2) is 0 Å². The summed E-state index contributed by atoms with van der Waals surface area (Å²) in [5.41, 5.74) is 0. The van der Waals surface area contributed by atoms with E-state index in [2.05, 4.69) is 6.92 Å². The minimum absolute atomic E-state index is 0.155. The highest BCUT2D eigenvalue weighted by Gasteiger charge is 2.13. The number of aliphatic hydroxyl groups excluding tert-OH is 3. The molecule has 0 aliphatic heterocycles. The van der Waals surface area contributed by atoms with Crippen molar-refractivity contribution in [2.75, 3.05) is 33.0 Å². The smallest absolute Gasteiger partial charge is 0.0777 e. The molecule has 0 aromatic carbocycles. The average Bonchev–Trinajstić information content (AvgIpc) is 2.74. The van der Waals surface area contributed by atoms with Gasteiger partial charge in [0.25, 0.3) is 0 Å². The summed E-state index contributed by atoms with van der Waals surface area (Å²) in [4.78, 5) is 11.2. The number of nitrogens with zero attached hydrogens (tertiary/aromatic N) is 1. The summed E-state index contributed by atoms with van der Waals surface area (Å²) in [6.45, 7) is 3.83. The lowest BCUT2D eigenvalue weighted by atomic mass is 10.0. The topological polar surface area (TPSA) is 82.4 Å². The van der Waals surface area contributed by atoms with E-state index in [1.54, 1.807) is 0 Å². The van der Waals surface area contributed by atoms with Crippen LogP contribution in [0.5, 0.6) is 0 Å². The van der Waals surface area contributed by atoms with E-state index in [0.717, 1.165) is 25.7 Å². The van der Waals surface area contributed by atoms with E-state index in [1.807, 2.05) is 0 Å². The first-order valence-corrected chi connectivity index (χ1v) is 12.7. The Bertz CT molecular complexity index is 308. The molecule has 0 fully saturated rings. The largest absolute Gasteiger partial charge is 0.396 e. The fraction of sp³-hybridized carbons (Fsp3) is 1.00. The Morgan fingerprint density at radius 3 is 1.47 bits per heavy atom. The summed E-state index contributed by atoms with van der Waals surface area (Å²) in [5, 5.41) is 29.4. The molecule has 0 aliphatic rings. The molecule has 0 rings (SSSR count). The predicted octanol–water partition coefficient (Wildman–Crippen LogP) is 5.15. The fourth-order valence-electron chi connectivity index (χ4n) is 3.39. The van der Waals surface area contributed by atoms with Crippen molar-refractivity contribution >= 4 is 0 Å². The van der Waals surface area contributed by atoms with Crippen LogP contribution >= 0.6 is 0 Å². The van der Waals surface area contributed by atoms with Crippen molar-refractivity contribution in [3.8, 4) is 0 Å². The van der Waals surface area contributed by atoms with E-state index in [1.165, 1.54) is 75.9 Å². The molecule has 0 radical (unpaired) electrons. The number of hydroxylamine groups is 2. The van der Waals surface area contributed by atoms with Crippen LogP contribution in [0.1, 0.15) is 116 Å². The molecule has 0 bridgehead atoms. The highest BCUT2D eigenvalue weighted by molar-refractivity contribution is 4.57. The zero-order valence-corrected chi connectivity index (χ0v) is 19.7. The Morgan fingerprint density at radius 2 is 1.03 bits per heavy atom. The van der Waals surface area contributed by atoms with Gasteiger partial charge in [-0.3, -0.25) is 9.68 Å². The summed E-state index contributed by atoms with van der Waals surface area (Å²) in [6, 6.07) is 0. The Hall–Kier alpha value is -0.240. The third-order valence-corrected chi connectivity index (χ3v) is 5.33. The maximum atomic E-state index is 10.3. The Balaban J connectivity index is 3.69. The molecule has 1 unspecified atom stereocenters. The van der Waals surface area contributed by atoms with Crippen LogP contribution in [-0.2, 0) is 9.68 Å². The molecule has 3 N–H and O–H groups in total. The van der Waals surface area contributed by atoms with Crippen molar-refractivity contribution < 1.29 is 25.0 Å². The van der Waals surface area contributed by atoms with E-state index < -0.39 is 6.10 Å². The molecule has 6 heteroatoms. The van der Waals surface area contributed by atoms with Gasteiger partial charge in [0.05, 0.1) is 25.9 Å². The van der Waals surface area contributed by atoms with Crippen LogP contribution in [0.2, 0.25) is 0 Å². The van der Waals surface area contributed by atoms with Crippen molar-refractivity contribution in [1.29, 1.82) is 0 Å². The molecular weight excluding hydrogens is 382 g/mol. The van der Waals surface area contributed by atoms with Gasteiger partial charge in [-0.15, -0.1) is 0 Å². The quantitative estimate of drug-likeness (QED) is 0.136. The van der Waals surface area contributed by atoms with Gasteiger partial charge in [-0.25, -0.2) is 0 Å². The van der Waals surface area contributed by atoms with Crippen LogP contribution < -0.4 is 0 Å². The molecule has 0 amide bonds. The van der Waals surface area contributed by atoms with Gasteiger partial charge in [0.2, 0.25) is 0 Å². The maximum Gasteiger partial charge on any atom is 0.0777 e. The first kappa shape index (κ1) is 29.8. The van der Waals surface area contributed by atoms with Gasteiger partial charge in [-0.1, -0.05) is 89.2 Å².